The lowest BCUT2D eigenvalue weighted by Gasteiger charge is -2.22. The maximum Gasteiger partial charge on any atom is 0.294 e. The Hall–Kier alpha value is -1.69. The van der Waals surface area contributed by atoms with Crippen LogP contribution in [0.2, 0.25) is 0 Å². The maximum atomic E-state index is 12.7. The Morgan fingerprint density at radius 2 is 2.29 bits per heavy atom. The first-order chi connectivity index (χ1) is 9.97. The first-order valence-corrected chi connectivity index (χ1v) is 8.17. The summed E-state index contributed by atoms with van der Waals surface area (Å²) < 4.78 is 0. The number of carbonyl (C=O) groups excluding carboxylic acids is 1. The molecular weight excluding hydrogens is 284 g/mol. The van der Waals surface area contributed by atoms with Crippen LogP contribution in [0, 0.1) is 0 Å². The van der Waals surface area contributed by atoms with Crippen molar-refractivity contribution in [2.24, 2.45) is 0 Å². The number of rotatable bonds is 2. The number of nitrogens with zero attached hydrogens (tertiary/aromatic N) is 3. The highest BCUT2D eigenvalue weighted by molar-refractivity contribution is 7.07. The fourth-order valence-corrected chi connectivity index (χ4v) is 3.35. The molecule has 0 aromatic carbocycles. The molecule has 6 heteroatoms. The summed E-state index contributed by atoms with van der Waals surface area (Å²) >= 11 is 1.67. The van der Waals surface area contributed by atoms with Crippen LogP contribution in [0.1, 0.15) is 61.7 Å². The van der Waals surface area contributed by atoms with Gasteiger partial charge in [-0.15, -0.1) is 5.10 Å². The molecule has 1 atom stereocenters. The molecule has 2 aromatic heterocycles. The normalized spacial score (nSPS) is 19.2. The predicted molar refractivity (Wildman–Crippen MR) is 82.4 cm³/mol. The number of hydrogen-bond donors (Lipinski definition) is 1. The van der Waals surface area contributed by atoms with Gasteiger partial charge in [-0.3, -0.25) is 9.89 Å². The monoisotopic (exact) mass is 304 g/mol. The van der Waals surface area contributed by atoms with Crippen LogP contribution in [-0.4, -0.2) is 32.5 Å². The molecule has 2 aromatic rings. The molecule has 1 N–H and O–H groups in total. The summed E-state index contributed by atoms with van der Waals surface area (Å²) in [4.78, 5) is 19.0. The van der Waals surface area contributed by atoms with Gasteiger partial charge in [0.05, 0.1) is 6.04 Å². The Labute approximate surface area is 128 Å². The molecule has 0 bridgehead atoms. The molecule has 0 aliphatic carbocycles. The van der Waals surface area contributed by atoms with Gasteiger partial charge in [0.2, 0.25) is 5.82 Å². The van der Waals surface area contributed by atoms with E-state index in [0.29, 0.717) is 0 Å². The average Bonchev–Trinajstić information content (AvgIpc) is 3.16. The third kappa shape index (κ3) is 2.72. The van der Waals surface area contributed by atoms with Crippen LogP contribution in [0.15, 0.2) is 16.8 Å². The van der Waals surface area contributed by atoms with Gasteiger partial charge in [-0.25, -0.2) is 4.98 Å². The van der Waals surface area contributed by atoms with Crippen molar-refractivity contribution in [3.8, 4) is 0 Å². The SMILES string of the molecule is CC(C)(C)c1nc(C(=O)N2CCCC2c2ccsc2)n[nH]1. The van der Waals surface area contributed by atoms with E-state index in [0.717, 1.165) is 25.2 Å². The number of carbonyl (C=O) groups is 1. The molecule has 1 saturated heterocycles. The molecule has 1 amide bonds. The number of likely N-dealkylation sites (tertiary alicyclic amines) is 1. The van der Waals surface area contributed by atoms with Gasteiger partial charge in [0, 0.05) is 12.0 Å². The molecule has 1 aliphatic heterocycles. The van der Waals surface area contributed by atoms with Crippen LogP contribution >= 0.6 is 11.3 Å². The fraction of sp³-hybridized carbons (Fsp3) is 0.533. The Morgan fingerprint density at radius 1 is 1.48 bits per heavy atom. The van der Waals surface area contributed by atoms with E-state index >= 15 is 0 Å². The summed E-state index contributed by atoms with van der Waals surface area (Å²) in [5, 5.41) is 11.2. The van der Waals surface area contributed by atoms with Crippen molar-refractivity contribution < 1.29 is 4.79 Å². The fourth-order valence-electron chi connectivity index (χ4n) is 2.64. The second-order valence-corrected chi connectivity index (χ2v) is 7.25. The number of nitrogens with one attached hydrogen (secondary N) is 1. The molecular formula is C15H20N4OS. The van der Waals surface area contributed by atoms with Crippen LogP contribution in [0.3, 0.4) is 0 Å². The number of H-pyrrole nitrogens is 1. The lowest BCUT2D eigenvalue weighted by atomic mass is 9.96. The molecule has 112 valence electrons. The molecule has 0 saturated carbocycles. The van der Waals surface area contributed by atoms with Crippen LogP contribution in [0.5, 0.6) is 0 Å². The highest BCUT2D eigenvalue weighted by Crippen LogP contribution is 2.33. The topological polar surface area (TPSA) is 61.9 Å². The predicted octanol–water partition coefficient (Wildman–Crippen LogP) is 3.14. The van der Waals surface area contributed by atoms with E-state index in [-0.39, 0.29) is 23.2 Å². The van der Waals surface area contributed by atoms with Crippen molar-refractivity contribution in [2.45, 2.75) is 45.1 Å². The molecule has 3 heterocycles. The van der Waals surface area contributed by atoms with Gasteiger partial charge in [-0.2, -0.15) is 11.3 Å². The average molecular weight is 304 g/mol. The minimum Gasteiger partial charge on any atom is -0.329 e. The second-order valence-electron chi connectivity index (χ2n) is 6.47. The molecule has 5 nitrogen and oxygen atoms in total. The van der Waals surface area contributed by atoms with Crippen molar-refractivity contribution >= 4 is 17.2 Å². The van der Waals surface area contributed by atoms with Crippen molar-refractivity contribution in [3.63, 3.8) is 0 Å². The van der Waals surface area contributed by atoms with E-state index in [1.165, 1.54) is 5.56 Å². The van der Waals surface area contributed by atoms with E-state index in [9.17, 15) is 4.79 Å². The summed E-state index contributed by atoms with van der Waals surface area (Å²) in [6.07, 6.45) is 2.04. The standard InChI is InChI=1S/C15H20N4OS/c1-15(2,3)14-16-12(17-18-14)13(20)19-7-4-5-11(19)10-6-8-21-9-10/h6,8-9,11H,4-5,7H2,1-3H3,(H,16,17,18). The Bertz CT molecular complexity index is 626. The van der Waals surface area contributed by atoms with E-state index in [1.54, 1.807) is 11.3 Å². The highest BCUT2D eigenvalue weighted by Gasteiger charge is 2.33. The molecule has 21 heavy (non-hydrogen) atoms. The quantitative estimate of drug-likeness (QED) is 0.927. The number of hydrogen-bond acceptors (Lipinski definition) is 4. The lowest BCUT2D eigenvalue weighted by molar-refractivity contribution is 0.0724. The zero-order valence-corrected chi connectivity index (χ0v) is 13.4. The highest BCUT2D eigenvalue weighted by atomic mass is 32.1. The number of thiophene rings is 1. The van der Waals surface area contributed by atoms with Crippen LogP contribution < -0.4 is 0 Å². The van der Waals surface area contributed by atoms with Crippen LogP contribution in [0.4, 0.5) is 0 Å². The van der Waals surface area contributed by atoms with Gasteiger partial charge >= 0.3 is 0 Å². The summed E-state index contributed by atoms with van der Waals surface area (Å²) in [5.74, 6) is 0.953. The van der Waals surface area contributed by atoms with Crippen molar-refractivity contribution in [1.29, 1.82) is 0 Å². The molecule has 0 spiro atoms. The first kappa shape index (κ1) is 14.3. The lowest BCUT2D eigenvalue weighted by Crippen LogP contribution is -2.31. The number of aromatic amines is 1. The summed E-state index contributed by atoms with van der Waals surface area (Å²) in [6, 6.07) is 2.26. The zero-order chi connectivity index (χ0) is 15.0. The van der Waals surface area contributed by atoms with Gasteiger partial charge < -0.3 is 4.90 Å². The minimum atomic E-state index is -0.136. The largest absolute Gasteiger partial charge is 0.329 e. The van der Waals surface area contributed by atoms with E-state index in [1.807, 2.05) is 25.7 Å². The van der Waals surface area contributed by atoms with Gasteiger partial charge in [-0.05, 0) is 35.2 Å². The van der Waals surface area contributed by atoms with Gasteiger partial charge in [0.25, 0.3) is 5.91 Å². The van der Waals surface area contributed by atoms with Gasteiger partial charge in [0.1, 0.15) is 5.82 Å². The van der Waals surface area contributed by atoms with E-state index in [2.05, 4.69) is 32.0 Å². The maximum absolute atomic E-state index is 12.7. The molecule has 1 aliphatic rings. The Balaban J connectivity index is 1.83. The Morgan fingerprint density at radius 3 is 2.90 bits per heavy atom. The minimum absolute atomic E-state index is 0.0737. The van der Waals surface area contributed by atoms with Gasteiger partial charge in [0.15, 0.2) is 0 Å². The molecule has 0 radical (unpaired) electrons. The van der Waals surface area contributed by atoms with E-state index in [4.69, 9.17) is 0 Å². The summed E-state index contributed by atoms with van der Waals surface area (Å²) in [5.41, 5.74) is 1.08. The Kier molecular flexibility index (Phi) is 3.57. The van der Waals surface area contributed by atoms with Crippen molar-refractivity contribution in [3.05, 3.63) is 34.0 Å². The number of amides is 1. The van der Waals surface area contributed by atoms with E-state index < -0.39 is 0 Å². The third-order valence-corrected chi connectivity index (χ3v) is 4.53. The zero-order valence-electron chi connectivity index (χ0n) is 12.6. The first-order valence-electron chi connectivity index (χ1n) is 7.23. The van der Waals surface area contributed by atoms with Crippen molar-refractivity contribution in [1.82, 2.24) is 20.1 Å². The second kappa shape index (κ2) is 5.26. The third-order valence-electron chi connectivity index (χ3n) is 3.83. The van der Waals surface area contributed by atoms with Crippen molar-refractivity contribution in [2.75, 3.05) is 6.54 Å². The van der Waals surface area contributed by atoms with Crippen LogP contribution in [0.25, 0.3) is 0 Å². The van der Waals surface area contributed by atoms with Gasteiger partial charge in [-0.1, -0.05) is 20.8 Å². The summed E-state index contributed by atoms with van der Waals surface area (Å²) in [6.45, 7) is 6.92. The summed E-state index contributed by atoms with van der Waals surface area (Å²) in [7, 11) is 0. The van der Waals surface area contributed by atoms with Crippen LogP contribution in [-0.2, 0) is 5.41 Å². The smallest absolute Gasteiger partial charge is 0.294 e. The number of aromatic nitrogens is 3. The molecule has 1 fully saturated rings. The molecule has 3 rings (SSSR count). The molecule has 1 unspecified atom stereocenters.